The van der Waals surface area contributed by atoms with Crippen LogP contribution in [0.2, 0.25) is 0 Å². The van der Waals surface area contributed by atoms with Crippen LogP contribution >= 0.6 is 15.9 Å². The summed E-state index contributed by atoms with van der Waals surface area (Å²) in [5.41, 5.74) is 0.504. The van der Waals surface area contributed by atoms with E-state index < -0.39 is 11.5 Å². The molecule has 2 aromatic carbocycles. The summed E-state index contributed by atoms with van der Waals surface area (Å²) < 4.78 is 6.00. The van der Waals surface area contributed by atoms with Gasteiger partial charge in [-0.15, -0.1) is 0 Å². The fraction of sp³-hybridized carbons (Fsp3) is 0.188. The molecule has 1 aliphatic heterocycles. The molecular formula is C16H14BrNO3. The molecule has 5 heteroatoms. The minimum absolute atomic E-state index is 0.194. The Morgan fingerprint density at radius 3 is 2.86 bits per heavy atom. The molecule has 3 rings (SSSR count). The molecule has 0 unspecified atom stereocenters. The van der Waals surface area contributed by atoms with Crippen molar-refractivity contribution in [3.63, 3.8) is 0 Å². The van der Waals surface area contributed by atoms with Gasteiger partial charge in [0.25, 0.3) is 5.91 Å². The van der Waals surface area contributed by atoms with Crippen LogP contribution in [0.15, 0.2) is 46.9 Å². The molecule has 4 nitrogen and oxygen atoms in total. The van der Waals surface area contributed by atoms with E-state index in [1.165, 1.54) is 0 Å². The first-order valence-corrected chi connectivity index (χ1v) is 7.29. The second-order valence-corrected chi connectivity index (χ2v) is 5.95. The van der Waals surface area contributed by atoms with E-state index in [0.29, 0.717) is 17.0 Å². The lowest BCUT2D eigenvalue weighted by atomic mass is 9.88. The molecule has 2 N–H and O–H groups in total. The van der Waals surface area contributed by atoms with Gasteiger partial charge in [-0.05, 0) is 35.9 Å². The largest absolute Gasteiger partial charge is 0.497 e. The van der Waals surface area contributed by atoms with Crippen LogP contribution in [0.4, 0.5) is 5.69 Å². The van der Waals surface area contributed by atoms with Crippen molar-refractivity contribution >= 4 is 27.5 Å². The number of rotatable bonds is 3. The third-order valence-electron chi connectivity index (χ3n) is 3.65. The number of ether oxygens (including phenoxy) is 1. The zero-order valence-electron chi connectivity index (χ0n) is 11.4. The number of amides is 1. The van der Waals surface area contributed by atoms with E-state index in [9.17, 15) is 9.90 Å². The molecule has 2 aromatic rings. The highest BCUT2D eigenvalue weighted by atomic mass is 79.9. The smallest absolute Gasteiger partial charge is 0.261 e. The molecule has 21 heavy (non-hydrogen) atoms. The van der Waals surface area contributed by atoms with E-state index in [2.05, 4.69) is 21.2 Å². The Morgan fingerprint density at radius 1 is 1.29 bits per heavy atom. The van der Waals surface area contributed by atoms with Crippen LogP contribution in [-0.2, 0) is 16.8 Å². The maximum atomic E-state index is 12.2. The maximum absolute atomic E-state index is 12.2. The number of anilines is 1. The summed E-state index contributed by atoms with van der Waals surface area (Å²) in [5.74, 6) is 0.294. The standard InChI is InChI=1S/C16H14BrNO3/c1-21-12-4-2-3-10(7-12)9-16(20)13-8-11(17)5-6-14(13)18-15(16)19/h2-8,20H,9H2,1H3,(H,18,19)/t16-/m0/s1. The summed E-state index contributed by atoms with van der Waals surface area (Å²) in [6.45, 7) is 0. The van der Waals surface area contributed by atoms with Crippen LogP contribution in [-0.4, -0.2) is 18.1 Å². The molecule has 1 aliphatic rings. The average Bonchev–Trinajstić information content (AvgIpc) is 2.71. The van der Waals surface area contributed by atoms with E-state index in [-0.39, 0.29) is 6.42 Å². The van der Waals surface area contributed by atoms with Crippen LogP contribution in [0.3, 0.4) is 0 Å². The van der Waals surface area contributed by atoms with Gasteiger partial charge >= 0.3 is 0 Å². The molecule has 0 bridgehead atoms. The lowest BCUT2D eigenvalue weighted by molar-refractivity contribution is -0.133. The molecule has 0 fully saturated rings. The molecule has 0 radical (unpaired) electrons. The molecule has 1 heterocycles. The minimum Gasteiger partial charge on any atom is -0.497 e. The first kappa shape index (κ1) is 14.1. The van der Waals surface area contributed by atoms with Crippen molar-refractivity contribution in [1.82, 2.24) is 0 Å². The number of methoxy groups -OCH3 is 1. The molecule has 0 saturated heterocycles. The SMILES string of the molecule is COc1cccc(C[C@@]2(O)C(=O)Nc3ccc(Br)cc32)c1. The number of benzene rings is 2. The van der Waals surface area contributed by atoms with E-state index >= 15 is 0 Å². The predicted octanol–water partition coefficient (Wildman–Crippen LogP) is 2.84. The zero-order chi connectivity index (χ0) is 15.0. The Morgan fingerprint density at radius 2 is 2.10 bits per heavy atom. The minimum atomic E-state index is -1.56. The van der Waals surface area contributed by atoms with Crippen molar-refractivity contribution in [2.75, 3.05) is 12.4 Å². The quantitative estimate of drug-likeness (QED) is 0.897. The topological polar surface area (TPSA) is 58.6 Å². The van der Waals surface area contributed by atoms with Crippen LogP contribution in [0.5, 0.6) is 5.75 Å². The zero-order valence-corrected chi connectivity index (χ0v) is 13.0. The van der Waals surface area contributed by atoms with E-state index in [0.717, 1.165) is 10.0 Å². The monoisotopic (exact) mass is 347 g/mol. The molecule has 1 atom stereocenters. The third-order valence-corrected chi connectivity index (χ3v) is 4.14. The summed E-state index contributed by atoms with van der Waals surface area (Å²) in [6, 6.07) is 12.7. The Bertz CT molecular complexity index is 716. The van der Waals surface area contributed by atoms with Gasteiger partial charge in [-0.25, -0.2) is 0 Å². The third kappa shape index (κ3) is 2.43. The second kappa shape index (κ2) is 5.16. The van der Waals surface area contributed by atoms with Gasteiger partial charge in [-0.3, -0.25) is 4.79 Å². The van der Waals surface area contributed by atoms with Gasteiger partial charge in [0.2, 0.25) is 0 Å². The highest BCUT2D eigenvalue weighted by Crippen LogP contribution is 2.40. The number of carbonyl (C=O) groups is 1. The summed E-state index contributed by atoms with van der Waals surface area (Å²) in [4.78, 5) is 12.2. The van der Waals surface area contributed by atoms with Gasteiger partial charge in [-0.1, -0.05) is 28.1 Å². The number of nitrogens with one attached hydrogen (secondary N) is 1. The molecule has 1 amide bonds. The van der Waals surface area contributed by atoms with Crippen molar-refractivity contribution in [3.8, 4) is 5.75 Å². The molecule has 0 aliphatic carbocycles. The second-order valence-electron chi connectivity index (χ2n) is 5.03. The lowest BCUT2D eigenvalue weighted by Gasteiger charge is -2.21. The maximum Gasteiger partial charge on any atom is 0.261 e. The highest BCUT2D eigenvalue weighted by molar-refractivity contribution is 9.10. The van der Waals surface area contributed by atoms with Gasteiger partial charge in [-0.2, -0.15) is 0 Å². The van der Waals surface area contributed by atoms with Gasteiger partial charge in [0.05, 0.1) is 7.11 Å². The number of hydrogen-bond acceptors (Lipinski definition) is 3. The van der Waals surface area contributed by atoms with E-state index in [1.807, 2.05) is 30.3 Å². The van der Waals surface area contributed by atoms with E-state index in [1.54, 1.807) is 19.2 Å². The number of carbonyl (C=O) groups excluding carboxylic acids is 1. The number of halogens is 1. The summed E-state index contributed by atoms with van der Waals surface area (Å²) in [6.07, 6.45) is 0.194. The fourth-order valence-electron chi connectivity index (χ4n) is 2.57. The molecule has 0 saturated carbocycles. The van der Waals surface area contributed by atoms with Gasteiger partial charge in [0.1, 0.15) is 5.75 Å². The number of hydrogen-bond donors (Lipinski definition) is 2. The number of aliphatic hydroxyl groups is 1. The summed E-state index contributed by atoms with van der Waals surface area (Å²) in [7, 11) is 1.59. The van der Waals surface area contributed by atoms with Crippen LogP contribution in [0.25, 0.3) is 0 Å². The van der Waals surface area contributed by atoms with Gasteiger partial charge in [0, 0.05) is 22.1 Å². The average molecular weight is 348 g/mol. The van der Waals surface area contributed by atoms with Crippen molar-refractivity contribution in [1.29, 1.82) is 0 Å². The van der Waals surface area contributed by atoms with Crippen LogP contribution < -0.4 is 10.1 Å². The first-order valence-electron chi connectivity index (χ1n) is 6.50. The Hall–Kier alpha value is -1.85. The predicted molar refractivity (Wildman–Crippen MR) is 83.4 cm³/mol. The molecule has 0 aromatic heterocycles. The fourth-order valence-corrected chi connectivity index (χ4v) is 2.93. The molecule has 108 valence electrons. The number of fused-ring (bicyclic) bond motifs is 1. The van der Waals surface area contributed by atoms with Crippen molar-refractivity contribution in [2.24, 2.45) is 0 Å². The highest BCUT2D eigenvalue weighted by Gasteiger charge is 2.45. The lowest BCUT2D eigenvalue weighted by Crippen LogP contribution is -2.36. The van der Waals surface area contributed by atoms with Crippen molar-refractivity contribution < 1.29 is 14.6 Å². The summed E-state index contributed by atoms with van der Waals surface area (Å²) >= 11 is 3.37. The summed E-state index contributed by atoms with van der Waals surface area (Å²) in [5, 5.41) is 13.6. The van der Waals surface area contributed by atoms with Gasteiger partial charge in [0.15, 0.2) is 5.60 Å². The van der Waals surface area contributed by atoms with Crippen LogP contribution in [0.1, 0.15) is 11.1 Å². The van der Waals surface area contributed by atoms with Crippen molar-refractivity contribution in [3.05, 3.63) is 58.1 Å². The normalized spacial score (nSPS) is 20.0. The van der Waals surface area contributed by atoms with Crippen molar-refractivity contribution in [2.45, 2.75) is 12.0 Å². The Balaban J connectivity index is 2.01. The molecular weight excluding hydrogens is 334 g/mol. The molecule has 0 spiro atoms. The Labute approximate surface area is 130 Å². The van der Waals surface area contributed by atoms with Gasteiger partial charge < -0.3 is 15.2 Å². The Kier molecular flexibility index (Phi) is 3.47. The first-order chi connectivity index (χ1) is 10.0. The van der Waals surface area contributed by atoms with E-state index in [4.69, 9.17) is 4.74 Å². The van der Waals surface area contributed by atoms with Crippen LogP contribution in [0, 0.1) is 0 Å².